The van der Waals surface area contributed by atoms with Crippen LogP contribution in [0.3, 0.4) is 0 Å². The summed E-state index contributed by atoms with van der Waals surface area (Å²) in [4.78, 5) is 0.136. The molecule has 0 N–H and O–H groups in total. The maximum absolute atomic E-state index is 10.6. The van der Waals surface area contributed by atoms with Gasteiger partial charge in [0.15, 0.2) is 0 Å². The molecule has 2 rings (SSSR count). The third-order valence-electron chi connectivity index (χ3n) is 2.18. The Kier molecular flexibility index (Phi) is 10.6. The number of benzene rings is 2. The Hall–Kier alpha value is -1.36. The van der Waals surface area contributed by atoms with Crippen molar-refractivity contribution in [3.05, 3.63) is 66.2 Å². The lowest BCUT2D eigenvalue weighted by Crippen LogP contribution is -1.87. The van der Waals surface area contributed by atoms with Crippen molar-refractivity contribution in [3.63, 3.8) is 0 Å². The van der Waals surface area contributed by atoms with Gasteiger partial charge in [-0.15, -0.1) is 0 Å². The maximum Gasteiger partial charge on any atom is 0.261 e. The van der Waals surface area contributed by atoms with E-state index in [0.717, 1.165) is 0 Å². The lowest BCUT2D eigenvalue weighted by molar-refractivity contribution is 0.185. The summed E-state index contributed by atoms with van der Waals surface area (Å²) in [6.07, 6.45) is 0. The van der Waals surface area contributed by atoms with Crippen molar-refractivity contribution in [1.29, 1.82) is 0 Å². The Bertz CT molecular complexity index is 569. The summed E-state index contributed by atoms with van der Waals surface area (Å²) >= 11 is 0. The van der Waals surface area contributed by atoms with Gasteiger partial charge in [-0.3, -0.25) is 0 Å². The Morgan fingerprint density at radius 2 is 1.33 bits per heavy atom. The highest BCUT2D eigenvalue weighted by Crippen LogP contribution is 2.12. The van der Waals surface area contributed by atoms with Crippen molar-refractivity contribution >= 4 is 19.7 Å². The molecule has 0 aliphatic rings. The second-order valence-electron chi connectivity index (χ2n) is 3.67. The number of ether oxygens (including phenoxy) is 1. The number of halogens is 1. The van der Waals surface area contributed by atoms with Gasteiger partial charge in [0.25, 0.3) is 9.05 Å². The fraction of sp³-hybridized carbons (Fsp3) is 0.250. The van der Waals surface area contributed by atoms with Crippen LogP contribution in [0.25, 0.3) is 0 Å². The van der Waals surface area contributed by atoms with E-state index >= 15 is 0 Å². The van der Waals surface area contributed by atoms with E-state index in [9.17, 15) is 8.42 Å². The van der Waals surface area contributed by atoms with Crippen LogP contribution in [0.1, 0.15) is 19.4 Å². The van der Waals surface area contributed by atoms with Gasteiger partial charge in [0.05, 0.1) is 11.5 Å². The Balaban J connectivity index is 0.000000342. The fourth-order valence-electron chi connectivity index (χ4n) is 1.32. The molecule has 0 saturated carbocycles. The van der Waals surface area contributed by atoms with Crippen molar-refractivity contribution in [2.45, 2.75) is 25.3 Å². The molecule has 0 bridgehead atoms. The van der Waals surface area contributed by atoms with Crippen LogP contribution in [0, 0.1) is 0 Å². The number of methoxy groups -OCH3 is 1. The van der Waals surface area contributed by atoms with E-state index < -0.39 is 9.05 Å². The van der Waals surface area contributed by atoms with Gasteiger partial charge >= 0.3 is 0 Å². The van der Waals surface area contributed by atoms with Crippen LogP contribution in [0.4, 0.5) is 0 Å². The van der Waals surface area contributed by atoms with E-state index in [1.54, 1.807) is 25.3 Å². The molecule has 5 heteroatoms. The molecule has 0 aliphatic heterocycles. The summed E-state index contributed by atoms with van der Waals surface area (Å²) in [5.74, 6) is 0. The van der Waals surface area contributed by atoms with Gasteiger partial charge in [0.1, 0.15) is 0 Å². The molecule has 0 saturated heterocycles. The average molecular weight is 329 g/mol. The molecule has 0 spiro atoms. The van der Waals surface area contributed by atoms with Crippen molar-refractivity contribution in [2.75, 3.05) is 7.11 Å². The second kappa shape index (κ2) is 11.3. The molecular weight excluding hydrogens is 308 g/mol. The molecular formula is C16H21ClO3S. The van der Waals surface area contributed by atoms with E-state index in [4.69, 9.17) is 15.4 Å². The third kappa shape index (κ3) is 9.24. The third-order valence-corrected chi connectivity index (χ3v) is 3.55. The highest BCUT2D eigenvalue weighted by Gasteiger charge is 2.06. The standard InChI is InChI=1S/C8H10O.C6H5ClO2S.C2H6/c1-9-7-8-5-3-2-4-6-8;7-10(8,9)6-4-2-1-3-5-6;1-2/h2-6H,7H2,1H3;1-5H;1-2H3. The quantitative estimate of drug-likeness (QED) is 0.780. The van der Waals surface area contributed by atoms with Crippen molar-refractivity contribution in [2.24, 2.45) is 0 Å². The van der Waals surface area contributed by atoms with E-state index in [0.29, 0.717) is 6.61 Å². The molecule has 0 atom stereocenters. The van der Waals surface area contributed by atoms with Crippen LogP contribution in [0.5, 0.6) is 0 Å². The van der Waals surface area contributed by atoms with Crippen LogP contribution in [0.2, 0.25) is 0 Å². The second-order valence-corrected chi connectivity index (χ2v) is 6.24. The lowest BCUT2D eigenvalue weighted by atomic mass is 10.2. The first-order chi connectivity index (χ1) is 10.0. The SMILES string of the molecule is CC.COCc1ccccc1.O=S(=O)(Cl)c1ccccc1. The van der Waals surface area contributed by atoms with Crippen LogP contribution in [0.15, 0.2) is 65.6 Å². The molecule has 0 unspecified atom stereocenters. The van der Waals surface area contributed by atoms with Crippen molar-refractivity contribution in [3.8, 4) is 0 Å². The summed E-state index contributed by atoms with van der Waals surface area (Å²) in [5.41, 5.74) is 1.22. The van der Waals surface area contributed by atoms with Gasteiger partial charge in [-0.25, -0.2) is 8.42 Å². The van der Waals surface area contributed by atoms with Crippen LogP contribution < -0.4 is 0 Å². The molecule has 0 heterocycles. The fourth-order valence-corrected chi connectivity index (χ4v) is 2.11. The molecule has 116 valence electrons. The van der Waals surface area contributed by atoms with E-state index in [2.05, 4.69) is 0 Å². The largest absolute Gasteiger partial charge is 0.380 e. The number of hydrogen-bond acceptors (Lipinski definition) is 3. The summed E-state index contributed by atoms with van der Waals surface area (Å²) in [6, 6.07) is 18.0. The maximum atomic E-state index is 10.6. The van der Waals surface area contributed by atoms with Crippen LogP contribution in [-0.4, -0.2) is 15.5 Å². The highest BCUT2D eigenvalue weighted by molar-refractivity contribution is 8.13. The van der Waals surface area contributed by atoms with E-state index in [1.807, 2.05) is 44.2 Å². The first-order valence-corrected chi connectivity index (χ1v) is 8.87. The molecule has 2 aromatic carbocycles. The Labute approximate surface area is 132 Å². The van der Waals surface area contributed by atoms with Crippen LogP contribution >= 0.6 is 10.7 Å². The molecule has 3 nitrogen and oxygen atoms in total. The Morgan fingerprint density at radius 3 is 1.67 bits per heavy atom. The Morgan fingerprint density at radius 1 is 0.905 bits per heavy atom. The minimum atomic E-state index is -3.53. The number of rotatable bonds is 3. The number of hydrogen-bond donors (Lipinski definition) is 0. The normalized spacial score (nSPS) is 9.71. The smallest absolute Gasteiger partial charge is 0.261 e. The first-order valence-electron chi connectivity index (χ1n) is 6.56. The van der Waals surface area contributed by atoms with Gasteiger partial charge in [0, 0.05) is 17.8 Å². The highest BCUT2D eigenvalue weighted by atomic mass is 35.7. The van der Waals surface area contributed by atoms with E-state index in [-0.39, 0.29) is 4.90 Å². The van der Waals surface area contributed by atoms with Gasteiger partial charge in [-0.1, -0.05) is 62.4 Å². The van der Waals surface area contributed by atoms with Gasteiger partial charge in [-0.05, 0) is 17.7 Å². The average Bonchev–Trinajstić information content (AvgIpc) is 2.51. The zero-order chi connectivity index (χ0) is 16.1. The zero-order valence-electron chi connectivity index (χ0n) is 12.5. The molecule has 0 amide bonds. The van der Waals surface area contributed by atoms with E-state index in [1.165, 1.54) is 17.7 Å². The van der Waals surface area contributed by atoms with Crippen molar-refractivity contribution in [1.82, 2.24) is 0 Å². The molecule has 0 aromatic heterocycles. The molecule has 21 heavy (non-hydrogen) atoms. The minimum absolute atomic E-state index is 0.136. The molecule has 0 radical (unpaired) electrons. The summed E-state index contributed by atoms with van der Waals surface area (Å²) in [5, 5.41) is 0. The van der Waals surface area contributed by atoms with Crippen LogP contribution in [-0.2, 0) is 20.4 Å². The van der Waals surface area contributed by atoms with Gasteiger partial charge in [-0.2, -0.15) is 0 Å². The van der Waals surface area contributed by atoms with Gasteiger partial charge < -0.3 is 4.74 Å². The summed E-state index contributed by atoms with van der Waals surface area (Å²) in [6.45, 7) is 4.71. The summed E-state index contributed by atoms with van der Waals surface area (Å²) < 4.78 is 26.1. The monoisotopic (exact) mass is 328 g/mol. The lowest BCUT2D eigenvalue weighted by Gasteiger charge is -1.95. The molecule has 0 aliphatic carbocycles. The topological polar surface area (TPSA) is 43.4 Å². The predicted octanol–water partition coefficient (Wildman–Crippen LogP) is 4.47. The molecule has 0 fully saturated rings. The summed E-state index contributed by atoms with van der Waals surface area (Å²) in [7, 11) is 3.20. The first kappa shape index (κ1) is 19.6. The van der Waals surface area contributed by atoms with Gasteiger partial charge in [0.2, 0.25) is 0 Å². The zero-order valence-corrected chi connectivity index (χ0v) is 14.1. The predicted molar refractivity (Wildman–Crippen MR) is 88.0 cm³/mol. The minimum Gasteiger partial charge on any atom is -0.380 e. The van der Waals surface area contributed by atoms with Crippen molar-refractivity contribution < 1.29 is 13.2 Å². The molecule has 2 aromatic rings.